The fraction of sp³-hybridized carbons (Fsp3) is 0.615. The van der Waals surface area contributed by atoms with Gasteiger partial charge in [-0.1, -0.05) is 0 Å². The maximum Gasteiger partial charge on any atom is 0.274 e. The molecule has 0 atom stereocenters. The van der Waals surface area contributed by atoms with Crippen molar-refractivity contribution in [1.29, 1.82) is 0 Å². The molecular formula is C13H21N5O2. The van der Waals surface area contributed by atoms with Crippen LogP contribution in [0.25, 0.3) is 0 Å². The first-order chi connectivity index (χ1) is 9.65. The summed E-state index contributed by atoms with van der Waals surface area (Å²) in [6, 6.07) is 0. The van der Waals surface area contributed by atoms with Crippen molar-refractivity contribution in [1.82, 2.24) is 19.8 Å². The summed E-state index contributed by atoms with van der Waals surface area (Å²) in [7, 11) is 1.64. The normalized spacial score (nSPS) is 16.2. The van der Waals surface area contributed by atoms with E-state index in [-0.39, 0.29) is 17.7 Å². The highest BCUT2D eigenvalue weighted by Crippen LogP contribution is 2.18. The van der Waals surface area contributed by atoms with Crippen LogP contribution in [0.2, 0.25) is 0 Å². The van der Waals surface area contributed by atoms with Gasteiger partial charge in [0.2, 0.25) is 5.91 Å². The Morgan fingerprint density at radius 2 is 2.15 bits per heavy atom. The molecule has 1 aromatic rings. The van der Waals surface area contributed by atoms with Gasteiger partial charge in [-0.05, 0) is 12.8 Å². The number of likely N-dealkylation sites (tertiary alicyclic amines) is 1. The van der Waals surface area contributed by atoms with Gasteiger partial charge in [0, 0.05) is 45.3 Å². The highest BCUT2D eigenvalue weighted by atomic mass is 16.2. The Balaban J connectivity index is 1.92. The van der Waals surface area contributed by atoms with E-state index in [1.54, 1.807) is 24.5 Å². The molecule has 0 spiro atoms. The van der Waals surface area contributed by atoms with Crippen molar-refractivity contribution >= 4 is 11.8 Å². The number of piperidine rings is 1. The number of hydrogen-bond donors (Lipinski definition) is 2. The van der Waals surface area contributed by atoms with Crippen molar-refractivity contribution in [2.24, 2.45) is 11.7 Å². The zero-order valence-electron chi connectivity index (χ0n) is 11.7. The Kier molecular flexibility index (Phi) is 4.73. The van der Waals surface area contributed by atoms with Gasteiger partial charge in [0.05, 0.1) is 6.33 Å². The number of nitrogens with two attached hydrogens (primary N) is 1. The molecule has 7 heteroatoms. The van der Waals surface area contributed by atoms with Crippen molar-refractivity contribution in [3.05, 3.63) is 18.2 Å². The Morgan fingerprint density at radius 1 is 1.45 bits per heavy atom. The van der Waals surface area contributed by atoms with Crippen LogP contribution in [0.3, 0.4) is 0 Å². The van der Waals surface area contributed by atoms with Crippen LogP contribution in [-0.4, -0.2) is 52.9 Å². The van der Waals surface area contributed by atoms with Gasteiger partial charge in [-0.2, -0.15) is 0 Å². The predicted molar refractivity (Wildman–Crippen MR) is 74.0 cm³/mol. The lowest BCUT2D eigenvalue weighted by molar-refractivity contribution is -0.125. The maximum absolute atomic E-state index is 12.3. The van der Waals surface area contributed by atoms with E-state index in [9.17, 15) is 9.59 Å². The van der Waals surface area contributed by atoms with Gasteiger partial charge in [-0.25, -0.2) is 4.98 Å². The van der Waals surface area contributed by atoms with E-state index < -0.39 is 0 Å². The molecule has 1 aromatic heterocycles. The molecule has 2 heterocycles. The Hall–Kier alpha value is -1.89. The van der Waals surface area contributed by atoms with Crippen LogP contribution < -0.4 is 11.1 Å². The van der Waals surface area contributed by atoms with Gasteiger partial charge in [-0.15, -0.1) is 0 Å². The van der Waals surface area contributed by atoms with E-state index >= 15 is 0 Å². The molecule has 1 saturated heterocycles. The summed E-state index contributed by atoms with van der Waals surface area (Å²) < 4.78 is 1.81. The maximum atomic E-state index is 12.3. The molecule has 2 amide bonds. The number of amides is 2. The molecule has 1 fully saturated rings. The smallest absolute Gasteiger partial charge is 0.274 e. The minimum atomic E-state index is -0.0730. The topological polar surface area (TPSA) is 93.2 Å². The molecule has 0 saturated carbocycles. The fourth-order valence-electron chi connectivity index (χ4n) is 2.45. The van der Waals surface area contributed by atoms with E-state index in [4.69, 9.17) is 5.73 Å². The standard InChI is InChI=1S/C13H21N5O2/c1-15-12(19)10-2-5-18(6-3-10)13(20)11-8-17(7-4-14)9-16-11/h8-10H,2-7,14H2,1H3,(H,15,19). The third-order valence-corrected chi connectivity index (χ3v) is 3.64. The Bertz CT molecular complexity index is 477. The molecule has 20 heavy (non-hydrogen) atoms. The van der Waals surface area contributed by atoms with Crippen LogP contribution in [-0.2, 0) is 11.3 Å². The SMILES string of the molecule is CNC(=O)C1CCN(C(=O)c2cn(CCN)cn2)CC1. The van der Waals surface area contributed by atoms with Crippen LogP contribution in [0.5, 0.6) is 0 Å². The number of hydrogen-bond acceptors (Lipinski definition) is 4. The molecule has 0 unspecified atom stereocenters. The van der Waals surface area contributed by atoms with E-state index in [2.05, 4.69) is 10.3 Å². The number of nitrogens with one attached hydrogen (secondary N) is 1. The largest absolute Gasteiger partial charge is 0.359 e. The van der Waals surface area contributed by atoms with E-state index in [0.29, 0.717) is 44.7 Å². The van der Waals surface area contributed by atoms with Crippen LogP contribution in [0.15, 0.2) is 12.5 Å². The second-order valence-corrected chi connectivity index (χ2v) is 4.97. The molecule has 110 valence electrons. The van der Waals surface area contributed by atoms with E-state index in [1.807, 2.05) is 4.57 Å². The summed E-state index contributed by atoms with van der Waals surface area (Å²) in [6.45, 7) is 2.36. The first kappa shape index (κ1) is 14.5. The monoisotopic (exact) mass is 279 g/mol. The molecule has 0 aliphatic carbocycles. The van der Waals surface area contributed by atoms with Crippen molar-refractivity contribution in [3.63, 3.8) is 0 Å². The fourth-order valence-corrected chi connectivity index (χ4v) is 2.45. The molecule has 3 N–H and O–H groups in total. The molecule has 0 bridgehead atoms. The molecule has 0 radical (unpaired) electrons. The van der Waals surface area contributed by atoms with Crippen molar-refractivity contribution in [3.8, 4) is 0 Å². The highest BCUT2D eigenvalue weighted by molar-refractivity contribution is 5.92. The molecule has 1 aliphatic heterocycles. The highest BCUT2D eigenvalue weighted by Gasteiger charge is 2.27. The summed E-state index contributed by atoms with van der Waals surface area (Å²) in [5.74, 6) is -0.000650. The molecule has 2 rings (SSSR count). The summed E-state index contributed by atoms with van der Waals surface area (Å²) in [5, 5.41) is 2.66. The lowest BCUT2D eigenvalue weighted by atomic mass is 9.96. The predicted octanol–water partition coefficient (Wildman–Crippen LogP) is -0.560. The van der Waals surface area contributed by atoms with E-state index in [1.165, 1.54) is 0 Å². The average Bonchev–Trinajstić information content (AvgIpc) is 2.95. The lowest BCUT2D eigenvalue weighted by Gasteiger charge is -2.30. The first-order valence-electron chi connectivity index (χ1n) is 6.88. The van der Waals surface area contributed by atoms with Crippen LogP contribution in [0.1, 0.15) is 23.3 Å². The van der Waals surface area contributed by atoms with Gasteiger partial charge in [0.1, 0.15) is 5.69 Å². The number of carbonyl (C=O) groups is 2. The molecule has 0 aromatic carbocycles. The van der Waals surface area contributed by atoms with Gasteiger partial charge in [0.25, 0.3) is 5.91 Å². The molecule has 7 nitrogen and oxygen atoms in total. The molecule has 1 aliphatic rings. The first-order valence-corrected chi connectivity index (χ1v) is 6.88. The number of imidazole rings is 1. The van der Waals surface area contributed by atoms with Gasteiger partial charge in [0.15, 0.2) is 0 Å². The van der Waals surface area contributed by atoms with Gasteiger partial charge in [-0.3, -0.25) is 9.59 Å². The summed E-state index contributed by atoms with van der Waals surface area (Å²) in [4.78, 5) is 29.7. The Morgan fingerprint density at radius 3 is 2.75 bits per heavy atom. The number of rotatable bonds is 4. The second kappa shape index (κ2) is 6.51. The number of carbonyl (C=O) groups excluding carboxylic acids is 2. The quantitative estimate of drug-likeness (QED) is 0.772. The van der Waals surface area contributed by atoms with Crippen molar-refractivity contribution in [2.45, 2.75) is 19.4 Å². The summed E-state index contributed by atoms with van der Waals surface area (Å²) in [5.41, 5.74) is 5.91. The van der Waals surface area contributed by atoms with Crippen LogP contribution in [0, 0.1) is 5.92 Å². The minimum Gasteiger partial charge on any atom is -0.359 e. The third-order valence-electron chi connectivity index (χ3n) is 3.64. The number of nitrogens with zero attached hydrogens (tertiary/aromatic N) is 3. The summed E-state index contributed by atoms with van der Waals surface area (Å²) >= 11 is 0. The van der Waals surface area contributed by atoms with Gasteiger partial charge < -0.3 is 20.5 Å². The summed E-state index contributed by atoms with van der Waals surface area (Å²) in [6.07, 6.45) is 4.75. The third kappa shape index (κ3) is 3.16. The van der Waals surface area contributed by atoms with Gasteiger partial charge >= 0.3 is 0 Å². The van der Waals surface area contributed by atoms with Crippen molar-refractivity contribution < 1.29 is 9.59 Å². The lowest BCUT2D eigenvalue weighted by Crippen LogP contribution is -2.42. The Labute approximate surface area is 118 Å². The second-order valence-electron chi connectivity index (χ2n) is 4.97. The van der Waals surface area contributed by atoms with Crippen LogP contribution in [0.4, 0.5) is 0 Å². The number of aromatic nitrogens is 2. The van der Waals surface area contributed by atoms with E-state index in [0.717, 1.165) is 0 Å². The minimum absolute atomic E-state index is 0.0128. The molecular weight excluding hydrogens is 258 g/mol. The zero-order chi connectivity index (χ0) is 14.5. The van der Waals surface area contributed by atoms with Crippen LogP contribution >= 0.6 is 0 Å². The average molecular weight is 279 g/mol. The zero-order valence-corrected chi connectivity index (χ0v) is 11.7. The van der Waals surface area contributed by atoms with Crippen molar-refractivity contribution in [2.75, 3.05) is 26.7 Å².